The molecular formula is C31H38O6. The van der Waals surface area contributed by atoms with E-state index in [4.69, 9.17) is 23.7 Å². The van der Waals surface area contributed by atoms with Crippen LogP contribution >= 0.6 is 0 Å². The van der Waals surface area contributed by atoms with Crippen LogP contribution in [0.3, 0.4) is 0 Å². The number of ether oxygens (including phenoxy) is 5. The minimum Gasteiger partial charge on any atom is -0.463 e. The second kappa shape index (κ2) is 16.7. The smallest absolute Gasteiger partial charge is 0.305 e. The fraction of sp³-hybridized carbons (Fsp3) is 0.387. The van der Waals surface area contributed by atoms with Crippen molar-refractivity contribution in [2.24, 2.45) is 0 Å². The molecule has 0 saturated carbocycles. The van der Waals surface area contributed by atoms with E-state index in [0.29, 0.717) is 52.7 Å². The van der Waals surface area contributed by atoms with Crippen LogP contribution in [0.25, 0.3) is 0 Å². The fourth-order valence-electron chi connectivity index (χ4n) is 4.05. The van der Waals surface area contributed by atoms with E-state index < -0.39 is 5.60 Å². The summed E-state index contributed by atoms with van der Waals surface area (Å²) in [5, 5.41) is 0. The van der Waals surface area contributed by atoms with Crippen molar-refractivity contribution in [2.45, 2.75) is 25.4 Å². The van der Waals surface area contributed by atoms with Gasteiger partial charge >= 0.3 is 5.97 Å². The first-order valence-electron chi connectivity index (χ1n) is 13.0. The van der Waals surface area contributed by atoms with Crippen molar-refractivity contribution in [1.29, 1.82) is 0 Å². The normalized spacial score (nSPS) is 11.4. The lowest BCUT2D eigenvalue weighted by Crippen LogP contribution is -2.34. The number of hydrogen-bond donors (Lipinski definition) is 0. The van der Waals surface area contributed by atoms with Gasteiger partial charge in [-0.3, -0.25) is 4.79 Å². The van der Waals surface area contributed by atoms with Gasteiger partial charge in [0.1, 0.15) is 12.2 Å². The Balaban J connectivity index is 1.43. The van der Waals surface area contributed by atoms with E-state index in [-0.39, 0.29) is 12.6 Å². The Morgan fingerprint density at radius 3 is 1.35 bits per heavy atom. The van der Waals surface area contributed by atoms with Crippen LogP contribution in [0.5, 0.6) is 0 Å². The number of hydrogen-bond acceptors (Lipinski definition) is 6. The molecular weight excluding hydrogens is 468 g/mol. The Morgan fingerprint density at radius 2 is 0.946 bits per heavy atom. The van der Waals surface area contributed by atoms with Gasteiger partial charge in [0.15, 0.2) is 0 Å². The molecule has 6 nitrogen and oxygen atoms in total. The van der Waals surface area contributed by atoms with Crippen LogP contribution in [0.15, 0.2) is 91.0 Å². The average Bonchev–Trinajstić information content (AvgIpc) is 2.95. The molecule has 0 atom stereocenters. The van der Waals surface area contributed by atoms with E-state index in [9.17, 15) is 4.79 Å². The van der Waals surface area contributed by atoms with E-state index in [1.165, 1.54) is 0 Å². The third-order valence-corrected chi connectivity index (χ3v) is 5.78. The van der Waals surface area contributed by atoms with Crippen LogP contribution in [0.1, 0.15) is 36.5 Å². The number of carbonyl (C=O) groups is 1. The Kier molecular flexibility index (Phi) is 12.9. The molecule has 3 aromatic rings. The van der Waals surface area contributed by atoms with Crippen molar-refractivity contribution in [3.8, 4) is 0 Å². The van der Waals surface area contributed by atoms with Crippen molar-refractivity contribution in [3.63, 3.8) is 0 Å². The highest BCUT2D eigenvalue weighted by Crippen LogP contribution is 2.40. The quantitative estimate of drug-likeness (QED) is 0.131. The summed E-state index contributed by atoms with van der Waals surface area (Å²) in [6.45, 7) is 5.29. The molecule has 0 aliphatic heterocycles. The minimum absolute atomic E-state index is 0.183. The van der Waals surface area contributed by atoms with E-state index in [2.05, 4.69) is 36.4 Å². The summed E-state index contributed by atoms with van der Waals surface area (Å²) in [6.07, 6.45) is 1.23. The summed E-state index contributed by atoms with van der Waals surface area (Å²) >= 11 is 0. The predicted octanol–water partition coefficient (Wildman–Crippen LogP) is 5.39. The van der Waals surface area contributed by atoms with Gasteiger partial charge in [-0.25, -0.2) is 0 Å². The zero-order chi connectivity index (χ0) is 26.0. The van der Waals surface area contributed by atoms with Crippen LogP contribution in [0, 0.1) is 0 Å². The molecule has 37 heavy (non-hydrogen) atoms. The second-order valence-electron chi connectivity index (χ2n) is 8.44. The monoisotopic (exact) mass is 506 g/mol. The highest BCUT2D eigenvalue weighted by atomic mass is 16.6. The van der Waals surface area contributed by atoms with Crippen LogP contribution in [-0.4, -0.2) is 58.8 Å². The van der Waals surface area contributed by atoms with E-state index in [0.717, 1.165) is 23.1 Å². The van der Waals surface area contributed by atoms with Crippen molar-refractivity contribution >= 4 is 5.97 Å². The third-order valence-electron chi connectivity index (χ3n) is 5.78. The Bertz CT molecular complexity index is 897. The zero-order valence-electron chi connectivity index (χ0n) is 21.7. The van der Waals surface area contributed by atoms with E-state index in [1.54, 1.807) is 0 Å². The second-order valence-corrected chi connectivity index (χ2v) is 8.44. The molecule has 6 heteroatoms. The molecule has 0 fully saturated rings. The maximum absolute atomic E-state index is 11.3. The Labute approximate surface area is 220 Å². The lowest BCUT2D eigenvalue weighted by atomic mass is 9.80. The highest BCUT2D eigenvalue weighted by Gasteiger charge is 2.37. The summed E-state index contributed by atoms with van der Waals surface area (Å²) in [5.74, 6) is -0.183. The maximum atomic E-state index is 11.3. The molecule has 0 heterocycles. The van der Waals surface area contributed by atoms with Gasteiger partial charge in [-0.15, -0.1) is 0 Å². The zero-order valence-corrected chi connectivity index (χ0v) is 21.7. The molecule has 0 unspecified atom stereocenters. The van der Waals surface area contributed by atoms with Gasteiger partial charge in [-0.2, -0.15) is 0 Å². The lowest BCUT2D eigenvalue weighted by Gasteiger charge is -2.36. The lowest BCUT2D eigenvalue weighted by molar-refractivity contribution is -0.145. The van der Waals surface area contributed by atoms with Crippen LogP contribution in [0.2, 0.25) is 0 Å². The molecule has 0 N–H and O–H groups in total. The largest absolute Gasteiger partial charge is 0.463 e. The topological polar surface area (TPSA) is 63.2 Å². The molecule has 0 aliphatic rings. The Hall–Kier alpha value is -3.03. The number of carbonyl (C=O) groups excluding carboxylic acids is 1. The Morgan fingerprint density at radius 1 is 0.568 bits per heavy atom. The van der Waals surface area contributed by atoms with Crippen molar-refractivity contribution in [3.05, 3.63) is 108 Å². The van der Waals surface area contributed by atoms with Gasteiger partial charge in [-0.05, 0) is 23.1 Å². The molecule has 3 aromatic carbocycles. The SMILES string of the molecule is CCCC(=O)OCCOCCOCCOCCOC(c1ccccc1)(c1ccccc1)c1ccccc1. The molecule has 0 aliphatic carbocycles. The predicted molar refractivity (Wildman–Crippen MR) is 143 cm³/mol. The van der Waals surface area contributed by atoms with Gasteiger partial charge in [-0.1, -0.05) is 97.9 Å². The first kappa shape index (κ1) is 28.5. The van der Waals surface area contributed by atoms with Crippen LogP contribution in [0.4, 0.5) is 0 Å². The van der Waals surface area contributed by atoms with Crippen molar-refractivity contribution < 1.29 is 28.5 Å². The standard InChI is InChI=1S/C31H38O6/c1-2-12-30(32)36-25-23-34-21-19-33-20-22-35-24-26-37-31(27-13-6-3-7-14-27,28-15-8-4-9-16-28)29-17-10-5-11-18-29/h3-11,13-18H,2,12,19-26H2,1H3. The summed E-state index contributed by atoms with van der Waals surface area (Å²) in [4.78, 5) is 11.3. The van der Waals surface area contributed by atoms with Crippen LogP contribution in [-0.2, 0) is 34.1 Å². The number of esters is 1. The van der Waals surface area contributed by atoms with Crippen LogP contribution < -0.4 is 0 Å². The van der Waals surface area contributed by atoms with E-state index in [1.807, 2.05) is 61.5 Å². The first-order chi connectivity index (χ1) is 18.3. The van der Waals surface area contributed by atoms with Crippen molar-refractivity contribution in [1.82, 2.24) is 0 Å². The molecule has 198 valence electrons. The van der Waals surface area contributed by atoms with Gasteiger partial charge in [0.05, 0.1) is 46.2 Å². The summed E-state index contributed by atoms with van der Waals surface area (Å²) in [6, 6.07) is 30.9. The molecule has 0 aromatic heterocycles. The molecule has 0 amide bonds. The van der Waals surface area contributed by atoms with Gasteiger partial charge in [0.25, 0.3) is 0 Å². The number of rotatable bonds is 18. The minimum atomic E-state index is -0.744. The first-order valence-corrected chi connectivity index (χ1v) is 13.0. The van der Waals surface area contributed by atoms with E-state index >= 15 is 0 Å². The molecule has 0 bridgehead atoms. The molecule has 0 saturated heterocycles. The molecule has 0 radical (unpaired) electrons. The van der Waals surface area contributed by atoms with Crippen molar-refractivity contribution in [2.75, 3.05) is 52.9 Å². The summed E-state index contributed by atoms with van der Waals surface area (Å²) in [5.41, 5.74) is 2.45. The van der Waals surface area contributed by atoms with Gasteiger partial charge in [0, 0.05) is 6.42 Å². The van der Waals surface area contributed by atoms with Gasteiger partial charge in [0.2, 0.25) is 0 Å². The highest BCUT2D eigenvalue weighted by molar-refractivity contribution is 5.69. The third kappa shape index (κ3) is 9.09. The number of benzene rings is 3. The molecule has 0 spiro atoms. The molecule has 3 rings (SSSR count). The summed E-state index contributed by atoms with van der Waals surface area (Å²) < 4.78 is 28.5. The average molecular weight is 507 g/mol. The van der Waals surface area contributed by atoms with Gasteiger partial charge < -0.3 is 23.7 Å². The summed E-state index contributed by atoms with van der Waals surface area (Å²) in [7, 11) is 0. The maximum Gasteiger partial charge on any atom is 0.305 e. The fourth-order valence-corrected chi connectivity index (χ4v) is 4.05.